The van der Waals surface area contributed by atoms with Crippen LogP contribution in [0.25, 0.3) is 0 Å². The molecule has 2 aromatic rings. The summed E-state index contributed by atoms with van der Waals surface area (Å²) in [5.74, 6) is -1.53. The van der Waals surface area contributed by atoms with Crippen molar-refractivity contribution >= 4 is 11.9 Å². The topological polar surface area (TPSA) is 57.6 Å². The number of amides is 1. The Labute approximate surface area is 147 Å². The van der Waals surface area contributed by atoms with Gasteiger partial charge in [-0.2, -0.15) is 13.2 Å². The maximum atomic E-state index is 12.9. The standard InChI is InChI=1S/C19H16F3NO3/c1-18(2)15-5-3-4-13(17(25)26)14(15)10-23(18)16(24)11-6-8-12(9-7-11)19(20,21)22/h3-9H,10H2,1-2H3,(H,25,26). The maximum Gasteiger partial charge on any atom is 0.416 e. The van der Waals surface area contributed by atoms with E-state index >= 15 is 0 Å². The second-order valence-electron chi connectivity index (χ2n) is 6.66. The van der Waals surface area contributed by atoms with Gasteiger partial charge in [0.05, 0.1) is 16.7 Å². The summed E-state index contributed by atoms with van der Waals surface area (Å²) in [6, 6.07) is 8.88. The van der Waals surface area contributed by atoms with E-state index in [2.05, 4.69) is 0 Å². The van der Waals surface area contributed by atoms with Crippen molar-refractivity contribution in [3.05, 3.63) is 70.3 Å². The number of hydrogen-bond donors (Lipinski definition) is 1. The summed E-state index contributed by atoms with van der Waals surface area (Å²) in [5.41, 5.74) is -0.0937. The SMILES string of the molecule is CC1(C)c2cccc(C(=O)O)c2CN1C(=O)c1ccc(C(F)(F)F)cc1. The van der Waals surface area contributed by atoms with E-state index in [1.807, 2.05) is 0 Å². The van der Waals surface area contributed by atoms with Crippen molar-refractivity contribution in [3.63, 3.8) is 0 Å². The number of nitrogens with zero attached hydrogens (tertiary/aromatic N) is 1. The smallest absolute Gasteiger partial charge is 0.416 e. The quantitative estimate of drug-likeness (QED) is 0.866. The third-order valence-corrected chi connectivity index (χ3v) is 4.76. The summed E-state index contributed by atoms with van der Waals surface area (Å²) in [6.07, 6.45) is -4.47. The van der Waals surface area contributed by atoms with Crippen LogP contribution in [0.4, 0.5) is 13.2 Å². The zero-order valence-corrected chi connectivity index (χ0v) is 14.1. The summed E-state index contributed by atoms with van der Waals surface area (Å²) in [6.45, 7) is 3.66. The predicted octanol–water partition coefficient (Wildman–Crippen LogP) is 4.29. The van der Waals surface area contributed by atoms with E-state index in [0.29, 0.717) is 5.56 Å². The van der Waals surface area contributed by atoms with Crippen LogP contribution < -0.4 is 0 Å². The van der Waals surface area contributed by atoms with Gasteiger partial charge in [0.15, 0.2) is 0 Å². The molecule has 0 bridgehead atoms. The molecule has 0 aromatic heterocycles. The average molecular weight is 363 g/mol. The highest BCUT2D eigenvalue weighted by Gasteiger charge is 2.42. The number of carboxylic acids is 1. The van der Waals surface area contributed by atoms with Crippen molar-refractivity contribution < 1.29 is 27.9 Å². The molecule has 0 atom stereocenters. The summed E-state index contributed by atoms with van der Waals surface area (Å²) in [7, 11) is 0. The maximum absolute atomic E-state index is 12.9. The van der Waals surface area contributed by atoms with Crippen LogP contribution in [0.15, 0.2) is 42.5 Å². The van der Waals surface area contributed by atoms with Gasteiger partial charge in [-0.3, -0.25) is 4.79 Å². The Morgan fingerprint density at radius 3 is 2.23 bits per heavy atom. The molecule has 0 spiro atoms. The molecular formula is C19H16F3NO3. The number of carbonyl (C=O) groups is 2. The highest BCUT2D eigenvalue weighted by molar-refractivity contribution is 5.96. The van der Waals surface area contributed by atoms with Crippen LogP contribution in [-0.2, 0) is 18.3 Å². The summed E-state index contributed by atoms with van der Waals surface area (Å²) < 4.78 is 38.1. The van der Waals surface area contributed by atoms with E-state index in [-0.39, 0.29) is 17.7 Å². The largest absolute Gasteiger partial charge is 0.478 e. The molecule has 0 saturated heterocycles. The first-order valence-corrected chi connectivity index (χ1v) is 7.88. The molecule has 0 radical (unpaired) electrons. The van der Waals surface area contributed by atoms with E-state index in [0.717, 1.165) is 29.8 Å². The fourth-order valence-corrected chi connectivity index (χ4v) is 3.32. The van der Waals surface area contributed by atoms with E-state index in [4.69, 9.17) is 0 Å². The van der Waals surface area contributed by atoms with Gasteiger partial charge in [0, 0.05) is 12.1 Å². The highest BCUT2D eigenvalue weighted by Crippen LogP contribution is 2.41. The second-order valence-corrected chi connectivity index (χ2v) is 6.66. The van der Waals surface area contributed by atoms with Crippen molar-refractivity contribution in [2.45, 2.75) is 32.1 Å². The monoisotopic (exact) mass is 363 g/mol. The second kappa shape index (κ2) is 5.86. The van der Waals surface area contributed by atoms with Crippen LogP contribution in [-0.4, -0.2) is 21.9 Å². The lowest BCUT2D eigenvalue weighted by Gasteiger charge is -2.32. The molecule has 2 aromatic carbocycles. The number of halogens is 3. The predicted molar refractivity (Wildman–Crippen MR) is 87.7 cm³/mol. The van der Waals surface area contributed by atoms with E-state index in [1.54, 1.807) is 26.0 Å². The molecule has 3 rings (SSSR count). The van der Waals surface area contributed by atoms with E-state index < -0.39 is 29.2 Å². The first-order valence-electron chi connectivity index (χ1n) is 7.88. The Kier molecular flexibility index (Phi) is 4.05. The lowest BCUT2D eigenvalue weighted by molar-refractivity contribution is -0.137. The number of alkyl halides is 3. The van der Waals surface area contributed by atoms with Gasteiger partial charge in [-0.15, -0.1) is 0 Å². The average Bonchev–Trinajstić information content (AvgIpc) is 2.84. The van der Waals surface area contributed by atoms with E-state index in [1.165, 1.54) is 11.0 Å². The molecule has 1 heterocycles. The molecule has 136 valence electrons. The molecular weight excluding hydrogens is 347 g/mol. The number of carbonyl (C=O) groups excluding carboxylic acids is 1. The summed E-state index contributed by atoms with van der Waals surface area (Å²) in [5, 5.41) is 9.36. The number of carboxylic acid groups (broad SMARTS) is 1. The molecule has 1 N–H and O–H groups in total. The van der Waals surface area contributed by atoms with Gasteiger partial charge in [0.1, 0.15) is 0 Å². The Hall–Kier alpha value is -2.83. The van der Waals surface area contributed by atoms with Crippen molar-refractivity contribution in [3.8, 4) is 0 Å². The molecule has 4 nitrogen and oxygen atoms in total. The van der Waals surface area contributed by atoms with Crippen LogP contribution in [0.5, 0.6) is 0 Å². The fraction of sp³-hybridized carbons (Fsp3) is 0.263. The molecule has 0 saturated carbocycles. The van der Waals surface area contributed by atoms with Gasteiger partial charge in [-0.1, -0.05) is 12.1 Å². The van der Waals surface area contributed by atoms with Crippen molar-refractivity contribution in [1.29, 1.82) is 0 Å². The Balaban J connectivity index is 1.96. The molecule has 0 aliphatic carbocycles. The number of rotatable bonds is 2. The van der Waals surface area contributed by atoms with Gasteiger partial charge in [-0.25, -0.2) is 4.79 Å². The number of aromatic carboxylic acids is 1. The highest BCUT2D eigenvalue weighted by atomic mass is 19.4. The molecule has 0 unspecified atom stereocenters. The molecule has 26 heavy (non-hydrogen) atoms. The lowest BCUT2D eigenvalue weighted by atomic mass is 9.91. The van der Waals surface area contributed by atoms with Gasteiger partial charge in [-0.05, 0) is 55.3 Å². The third kappa shape index (κ3) is 2.83. The normalized spacial score (nSPS) is 15.7. The molecule has 0 fully saturated rings. The van der Waals surface area contributed by atoms with Gasteiger partial charge in [0.2, 0.25) is 0 Å². The zero-order chi connectivity index (χ0) is 19.3. The molecule has 1 aliphatic rings. The summed E-state index contributed by atoms with van der Waals surface area (Å²) >= 11 is 0. The van der Waals surface area contributed by atoms with Crippen LogP contribution in [0.1, 0.15) is 51.3 Å². The van der Waals surface area contributed by atoms with Crippen LogP contribution >= 0.6 is 0 Å². The number of benzene rings is 2. The van der Waals surface area contributed by atoms with Crippen molar-refractivity contribution in [2.24, 2.45) is 0 Å². The Bertz CT molecular complexity index is 886. The zero-order valence-electron chi connectivity index (χ0n) is 14.1. The van der Waals surface area contributed by atoms with Crippen molar-refractivity contribution in [1.82, 2.24) is 4.90 Å². The minimum absolute atomic E-state index is 0.0880. The van der Waals surface area contributed by atoms with Crippen molar-refractivity contribution in [2.75, 3.05) is 0 Å². The van der Waals surface area contributed by atoms with Crippen LogP contribution in [0.3, 0.4) is 0 Å². The lowest BCUT2D eigenvalue weighted by Crippen LogP contribution is -2.40. The van der Waals surface area contributed by atoms with E-state index in [9.17, 15) is 27.9 Å². The summed E-state index contributed by atoms with van der Waals surface area (Å²) in [4.78, 5) is 25.8. The molecule has 7 heteroatoms. The van der Waals surface area contributed by atoms with Crippen LogP contribution in [0, 0.1) is 0 Å². The minimum Gasteiger partial charge on any atom is -0.478 e. The van der Waals surface area contributed by atoms with Gasteiger partial charge in [0.25, 0.3) is 5.91 Å². The Morgan fingerprint density at radius 2 is 1.69 bits per heavy atom. The minimum atomic E-state index is -4.47. The first-order chi connectivity index (χ1) is 12.0. The molecule has 1 aliphatic heterocycles. The third-order valence-electron chi connectivity index (χ3n) is 4.76. The van der Waals surface area contributed by atoms with Gasteiger partial charge < -0.3 is 10.0 Å². The van der Waals surface area contributed by atoms with Gasteiger partial charge >= 0.3 is 12.1 Å². The first kappa shape index (κ1) is 18.0. The fourth-order valence-electron chi connectivity index (χ4n) is 3.32. The molecule has 1 amide bonds. The number of hydrogen-bond acceptors (Lipinski definition) is 2. The van der Waals surface area contributed by atoms with Crippen LogP contribution in [0.2, 0.25) is 0 Å². The Morgan fingerprint density at radius 1 is 1.08 bits per heavy atom. The number of fused-ring (bicyclic) bond motifs is 1.